The molecule has 3 N–H and O–H groups in total. The Morgan fingerprint density at radius 2 is 1.93 bits per heavy atom. The highest BCUT2D eigenvalue weighted by molar-refractivity contribution is 6.44. The maximum atomic E-state index is 10.4. The summed E-state index contributed by atoms with van der Waals surface area (Å²) in [4.78, 5) is 10.4. The molecule has 0 saturated carbocycles. The molecule has 0 aliphatic heterocycles. The van der Waals surface area contributed by atoms with Crippen LogP contribution >= 0.6 is 0 Å². The Balaban J connectivity index is 3.44. The molecule has 14 heavy (non-hydrogen) atoms. The topological polar surface area (TPSA) is 73.6 Å². The van der Waals surface area contributed by atoms with Gasteiger partial charge in [0.05, 0.1) is 0 Å². The van der Waals surface area contributed by atoms with Crippen molar-refractivity contribution in [1.82, 2.24) is 5.32 Å². The Morgan fingerprint density at radius 3 is 2.36 bits per heavy atom. The molecule has 6 heteroatoms. The van der Waals surface area contributed by atoms with Crippen LogP contribution in [0.25, 0.3) is 0 Å². The van der Waals surface area contributed by atoms with Gasteiger partial charge in [0.2, 0.25) is 0 Å². The Hall–Kier alpha value is -0.593. The summed E-state index contributed by atoms with van der Waals surface area (Å²) in [7, 11) is -1.49. The van der Waals surface area contributed by atoms with Gasteiger partial charge in [-0.1, -0.05) is 0 Å². The van der Waals surface area contributed by atoms with Crippen molar-refractivity contribution >= 4 is 15.3 Å². The molecule has 84 valence electrons. The van der Waals surface area contributed by atoms with Crippen molar-refractivity contribution in [3.8, 4) is 0 Å². The number of hydrogen-bond acceptors (Lipinski definition) is 3. The molecule has 0 aliphatic carbocycles. The lowest BCUT2D eigenvalue weighted by Gasteiger charge is -2.14. The molecule has 0 unspecified atom stereocenters. The first-order valence-corrected chi connectivity index (χ1v) is 6.73. The number of carbonyl (C=O) groups excluding carboxylic acids is 1. The van der Waals surface area contributed by atoms with Gasteiger partial charge in [-0.25, -0.2) is 4.79 Å². The third-order valence-electron chi connectivity index (χ3n) is 1.62. The molecule has 0 aliphatic rings. The van der Waals surface area contributed by atoms with E-state index in [9.17, 15) is 4.79 Å². The van der Waals surface area contributed by atoms with Gasteiger partial charge in [0.15, 0.2) is 0 Å². The van der Waals surface area contributed by atoms with E-state index in [4.69, 9.17) is 14.6 Å². The lowest BCUT2D eigenvalue weighted by atomic mass is 10.5. The van der Waals surface area contributed by atoms with Gasteiger partial charge in [-0.05, 0) is 26.3 Å². The average molecular weight is 220 g/mol. The van der Waals surface area contributed by atoms with Gasteiger partial charge in [0.25, 0.3) is 0 Å². The van der Waals surface area contributed by atoms with E-state index < -0.39 is 15.3 Å². The fraction of sp³-hybridized carbons (Fsp3) is 0.875. The predicted octanol–water partition coefficient (Wildman–Crippen LogP) is 0.338. The molecule has 0 saturated heterocycles. The fourth-order valence-corrected chi connectivity index (χ4v) is 2.78. The van der Waals surface area contributed by atoms with Crippen LogP contribution < -0.4 is 11.1 Å². The number of nitrogens with two attached hydrogens (primary N) is 1. The van der Waals surface area contributed by atoms with Crippen molar-refractivity contribution in [2.24, 2.45) is 5.73 Å². The maximum Gasteiger partial charge on any atom is 0.321 e. The molecule has 0 bridgehead atoms. The lowest BCUT2D eigenvalue weighted by molar-refractivity contribution is 0.212. The van der Waals surface area contributed by atoms with Crippen molar-refractivity contribution in [2.75, 3.05) is 19.8 Å². The second-order valence-electron chi connectivity index (χ2n) is 2.77. The molecule has 0 heterocycles. The lowest BCUT2D eigenvalue weighted by Crippen LogP contribution is -2.31. The van der Waals surface area contributed by atoms with Crippen LogP contribution in [0, 0.1) is 0 Å². The number of hydrogen-bond donors (Lipinski definition) is 2. The minimum atomic E-state index is -1.49. The molecule has 0 fully saturated rings. The van der Waals surface area contributed by atoms with E-state index in [1.807, 2.05) is 13.8 Å². The van der Waals surface area contributed by atoms with Crippen molar-refractivity contribution in [3.05, 3.63) is 0 Å². The van der Waals surface area contributed by atoms with Crippen LogP contribution in [0.1, 0.15) is 20.3 Å². The second-order valence-corrected chi connectivity index (χ2v) is 4.88. The number of urea groups is 1. The van der Waals surface area contributed by atoms with Crippen LogP contribution in [0.3, 0.4) is 0 Å². The Bertz CT molecular complexity index is 152. The Kier molecular flexibility index (Phi) is 8.60. The van der Waals surface area contributed by atoms with E-state index >= 15 is 0 Å². The van der Waals surface area contributed by atoms with Crippen LogP contribution in [0.4, 0.5) is 4.79 Å². The predicted molar refractivity (Wildman–Crippen MR) is 57.4 cm³/mol. The van der Waals surface area contributed by atoms with E-state index in [0.29, 0.717) is 19.8 Å². The third kappa shape index (κ3) is 8.03. The number of carbonyl (C=O) groups is 1. The standard InChI is InChI=1S/C8H20N2O3Si/c1-3-12-14(13-4-2)7-5-6-10-8(9)11/h14H,3-7H2,1-2H3,(H3,9,10,11). The van der Waals surface area contributed by atoms with Crippen molar-refractivity contribution in [3.63, 3.8) is 0 Å². The van der Waals surface area contributed by atoms with E-state index in [-0.39, 0.29) is 0 Å². The summed E-state index contributed by atoms with van der Waals surface area (Å²) in [6.45, 7) is 5.90. The highest BCUT2D eigenvalue weighted by Crippen LogP contribution is 2.00. The van der Waals surface area contributed by atoms with Gasteiger partial charge in [0, 0.05) is 19.8 Å². The van der Waals surface area contributed by atoms with Gasteiger partial charge >= 0.3 is 15.3 Å². The van der Waals surface area contributed by atoms with Crippen LogP contribution in [0.5, 0.6) is 0 Å². The van der Waals surface area contributed by atoms with E-state index in [0.717, 1.165) is 12.5 Å². The highest BCUT2D eigenvalue weighted by atomic mass is 28.3. The van der Waals surface area contributed by atoms with Crippen LogP contribution in [0.15, 0.2) is 0 Å². The Labute approximate surface area is 86.8 Å². The van der Waals surface area contributed by atoms with E-state index in [2.05, 4.69) is 5.32 Å². The molecule has 0 rings (SSSR count). The SMILES string of the molecule is CCO[SiH](CCCNC(N)=O)OCC. The molecule has 5 nitrogen and oxygen atoms in total. The molecule has 0 aromatic carbocycles. The number of rotatable bonds is 8. The van der Waals surface area contributed by atoms with Gasteiger partial charge in [-0.15, -0.1) is 0 Å². The van der Waals surface area contributed by atoms with Gasteiger partial charge in [-0.3, -0.25) is 0 Å². The second kappa shape index (κ2) is 8.98. The minimum absolute atomic E-state index is 0.476. The van der Waals surface area contributed by atoms with Crippen LogP contribution in [0.2, 0.25) is 6.04 Å². The molecule has 0 radical (unpaired) electrons. The quantitative estimate of drug-likeness (QED) is 0.457. The van der Waals surface area contributed by atoms with Gasteiger partial charge in [0.1, 0.15) is 0 Å². The summed E-state index contributed by atoms with van der Waals surface area (Å²) in [6.07, 6.45) is 0.861. The first-order valence-electron chi connectivity index (χ1n) is 4.97. The average Bonchev–Trinajstić information content (AvgIpc) is 2.12. The Morgan fingerprint density at radius 1 is 1.36 bits per heavy atom. The largest absolute Gasteiger partial charge is 0.397 e. The van der Waals surface area contributed by atoms with Crippen molar-refractivity contribution < 1.29 is 13.6 Å². The van der Waals surface area contributed by atoms with Crippen LogP contribution in [-0.4, -0.2) is 35.1 Å². The monoisotopic (exact) mass is 220 g/mol. The zero-order chi connectivity index (χ0) is 10.8. The van der Waals surface area contributed by atoms with Crippen molar-refractivity contribution in [2.45, 2.75) is 26.3 Å². The first-order chi connectivity index (χ1) is 6.70. The highest BCUT2D eigenvalue weighted by Gasteiger charge is 2.10. The summed E-state index contributed by atoms with van der Waals surface area (Å²) in [5.41, 5.74) is 4.93. The molecule has 0 aromatic rings. The maximum absolute atomic E-state index is 10.4. The zero-order valence-corrected chi connectivity index (χ0v) is 10.1. The summed E-state index contributed by atoms with van der Waals surface area (Å²) < 4.78 is 10.9. The third-order valence-corrected chi connectivity index (χ3v) is 3.91. The van der Waals surface area contributed by atoms with Crippen LogP contribution in [-0.2, 0) is 8.85 Å². The summed E-state index contributed by atoms with van der Waals surface area (Å²) in [6, 6.07) is 0.429. The number of primary amides is 1. The molecule has 0 aromatic heterocycles. The van der Waals surface area contributed by atoms with Crippen molar-refractivity contribution in [1.29, 1.82) is 0 Å². The van der Waals surface area contributed by atoms with E-state index in [1.54, 1.807) is 0 Å². The number of nitrogens with one attached hydrogen (secondary N) is 1. The summed E-state index contributed by atoms with van der Waals surface area (Å²) in [5, 5.41) is 2.54. The van der Waals surface area contributed by atoms with Gasteiger partial charge in [-0.2, -0.15) is 0 Å². The molecular formula is C8H20N2O3Si. The zero-order valence-electron chi connectivity index (χ0n) is 8.91. The molecule has 0 atom stereocenters. The van der Waals surface area contributed by atoms with Gasteiger partial charge < -0.3 is 19.9 Å². The summed E-state index contributed by atoms with van der Waals surface area (Å²) >= 11 is 0. The summed E-state index contributed by atoms with van der Waals surface area (Å²) in [5.74, 6) is 0. The first kappa shape index (κ1) is 13.4. The smallest absolute Gasteiger partial charge is 0.321 e. The minimum Gasteiger partial charge on any atom is -0.397 e. The fourth-order valence-electron chi connectivity index (χ4n) is 1.07. The molecule has 2 amide bonds. The normalized spacial score (nSPS) is 10.5. The number of amides is 2. The molecular weight excluding hydrogens is 200 g/mol. The van der Waals surface area contributed by atoms with E-state index in [1.165, 1.54) is 0 Å². The molecule has 0 spiro atoms.